The minimum atomic E-state index is -4.62. The van der Waals surface area contributed by atoms with Gasteiger partial charge in [-0.3, -0.25) is 0 Å². The van der Waals surface area contributed by atoms with Crippen molar-refractivity contribution in [3.63, 3.8) is 0 Å². The predicted molar refractivity (Wildman–Crippen MR) is 101 cm³/mol. The van der Waals surface area contributed by atoms with E-state index in [0.717, 1.165) is 21.9 Å². The van der Waals surface area contributed by atoms with Crippen molar-refractivity contribution in [3.8, 4) is 11.1 Å². The normalized spacial score (nSPS) is 12.0. The van der Waals surface area contributed by atoms with Gasteiger partial charge in [0.2, 0.25) is 0 Å². The Balaban J connectivity index is 2.25. The fraction of sp³-hybridized carbons (Fsp3) is 0.0952. The highest BCUT2D eigenvalue weighted by molar-refractivity contribution is 7.85. The van der Waals surface area contributed by atoms with Crippen LogP contribution >= 0.6 is 0 Å². The van der Waals surface area contributed by atoms with E-state index in [0.29, 0.717) is 22.3 Å². The van der Waals surface area contributed by atoms with Crippen molar-refractivity contribution in [3.05, 3.63) is 71.8 Å². The Kier molecular flexibility index (Phi) is 3.79. The van der Waals surface area contributed by atoms with Crippen molar-refractivity contribution in [2.75, 3.05) is 0 Å². The Morgan fingerprint density at radius 2 is 1.35 bits per heavy atom. The number of fused-ring (bicyclic) bond motifs is 2. The lowest BCUT2D eigenvalue weighted by molar-refractivity contribution is 0.463. The van der Waals surface area contributed by atoms with Gasteiger partial charge < -0.3 is 4.55 Å². The molecule has 4 aromatic rings. The van der Waals surface area contributed by atoms with Gasteiger partial charge in [0.05, 0.1) is 15.7 Å². The van der Waals surface area contributed by atoms with Gasteiger partial charge in [0.25, 0.3) is 0 Å². The molecule has 0 aliphatic rings. The fourth-order valence-electron chi connectivity index (χ4n) is 3.29. The van der Waals surface area contributed by atoms with Gasteiger partial charge in [-0.15, -0.1) is 0 Å². The molecular formula is C21H16O4S. The lowest BCUT2D eigenvalue weighted by Gasteiger charge is -2.14. The van der Waals surface area contributed by atoms with E-state index >= 15 is 0 Å². The first kappa shape index (κ1) is 16.7. The van der Waals surface area contributed by atoms with Gasteiger partial charge in [-0.2, -0.15) is 0 Å². The molecule has 1 aromatic heterocycles. The van der Waals surface area contributed by atoms with Crippen LogP contribution in [0, 0.1) is 13.8 Å². The van der Waals surface area contributed by atoms with E-state index in [1.54, 1.807) is 18.2 Å². The van der Waals surface area contributed by atoms with Crippen molar-refractivity contribution >= 4 is 32.1 Å². The molecule has 4 rings (SSSR count). The average Bonchev–Trinajstić information content (AvgIpc) is 2.58. The summed E-state index contributed by atoms with van der Waals surface area (Å²) in [6, 6.07) is 17.8. The minimum absolute atomic E-state index is 0.227. The highest BCUT2D eigenvalue weighted by atomic mass is 32.2. The molecule has 0 aliphatic heterocycles. The van der Waals surface area contributed by atoms with Crippen molar-refractivity contribution in [2.45, 2.75) is 18.7 Å². The van der Waals surface area contributed by atoms with Gasteiger partial charge in [-0.1, -0.05) is 30.3 Å². The maximum absolute atomic E-state index is 11.8. The van der Waals surface area contributed by atoms with Crippen LogP contribution in [0.15, 0.2) is 70.0 Å². The summed E-state index contributed by atoms with van der Waals surface area (Å²) in [6.07, 6.45) is 0. The molecule has 0 N–H and O–H groups in total. The third kappa shape index (κ3) is 2.75. The lowest BCUT2D eigenvalue weighted by atomic mass is 9.96. The highest BCUT2D eigenvalue weighted by Gasteiger charge is 2.23. The van der Waals surface area contributed by atoms with Crippen LogP contribution in [0.25, 0.3) is 33.1 Å². The molecule has 0 atom stereocenters. The van der Waals surface area contributed by atoms with Crippen LogP contribution in [0.2, 0.25) is 0 Å². The summed E-state index contributed by atoms with van der Waals surface area (Å²) in [7, 11) is -4.62. The van der Waals surface area contributed by atoms with Gasteiger partial charge in [0.15, 0.2) is 0 Å². The van der Waals surface area contributed by atoms with Crippen molar-refractivity contribution < 1.29 is 17.4 Å². The summed E-state index contributed by atoms with van der Waals surface area (Å²) in [5.41, 5.74) is 4.44. The molecule has 0 saturated carbocycles. The molecule has 0 radical (unpaired) electrons. The third-order valence-corrected chi connectivity index (χ3v) is 5.35. The van der Waals surface area contributed by atoms with Crippen molar-refractivity contribution in [1.82, 2.24) is 0 Å². The van der Waals surface area contributed by atoms with Gasteiger partial charge in [0.1, 0.15) is 10.1 Å². The first-order valence-electron chi connectivity index (χ1n) is 8.17. The van der Waals surface area contributed by atoms with Crippen molar-refractivity contribution in [2.24, 2.45) is 0 Å². The number of hydrogen-bond acceptors (Lipinski definition) is 3. The van der Waals surface area contributed by atoms with Crippen molar-refractivity contribution in [1.29, 1.82) is 0 Å². The van der Waals surface area contributed by atoms with E-state index in [-0.39, 0.29) is 4.90 Å². The molecule has 0 unspecified atom stereocenters. The Morgan fingerprint density at radius 1 is 0.808 bits per heavy atom. The zero-order valence-corrected chi connectivity index (χ0v) is 15.1. The maximum atomic E-state index is 11.8. The van der Waals surface area contributed by atoms with E-state index in [9.17, 15) is 13.0 Å². The van der Waals surface area contributed by atoms with Gasteiger partial charge in [-0.05, 0) is 43.2 Å². The zero-order chi connectivity index (χ0) is 18.5. The molecule has 0 amide bonds. The molecule has 0 spiro atoms. The van der Waals surface area contributed by atoms with Crippen LogP contribution in [0.1, 0.15) is 11.1 Å². The predicted octanol–water partition coefficient (Wildman–Crippen LogP) is 5.06. The van der Waals surface area contributed by atoms with Gasteiger partial charge in [0, 0.05) is 23.3 Å². The molecule has 0 fully saturated rings. The Bertz CT molecular complexity index is 1210. The second-order valence-corrected chi connectivity index (χ2v) is 7.77. The molecule has 5 heteroatoms. The van der Waals surface area contributed by atoms with Crippen LogP contribution in [0.3, 0.4) is 0 Å². The molecule has 0 aliphatic carbocycles. The van der Waals surface area contributed by atoms with Crippen LogP contribution in [0.5, 0.6) is 0 Å². The smallest absolute Gasteiger partial charge is 0.361 e. The minimum Gasteiger partial charge on any atom is -0.744 e. The standard InChI is InChI=1S/C21H16O4S/c1-13-7-9-15-18(11-13)25-19-12-14(2)8-10-16(19)21(15)17-5-3-4-6-20(17)26(22,23)24/h3-12H,1-2H3. The number of hydrogen-bond donors (Lipinski definition) is 0. The third-order valence-electron chi connectivity index (χ3n) is 4.46. The number of benzene rings is 3. The van der Waals surface area contributed by atoms with Gasteiger partial charge in [-0.25, -0.2) is 12.8 Å². The summed E-state index contributed by atoms with van der Waals surface area (Å²) >= 11 is 0. The Labute approximate surface area is 151 Å². The summed E-state index contributed by atoms with van der Waals surface area (Å²) in [6.45, 7) is 3.93. The molecule has 3 aromatic carbocycles. The zero-order valence-electron chi connectivity index (χ0n) is 14.3. The van der Waals surface area contributed by atoms with Crippen LogP contribution in [-0.2, 0) is 10.1 Å². The summed E-state index contributed by atoms with van der Waals surface area (Å²) < 4.78 is 41.6. The van der Waals surface area contributed by atoms with E-state index in [2.05, 4.69) is 0 Å². The summed E-state index contributed by atoms with van der Waals surface area (Å²) in [5.74, 6) is 0. The molecule has 0 saturated heterocycles. The van der Waals surface area contributed by atoms with Crippen LogP contribution in [-0.4, -0.2) is 13.0 Å². The topological polar surface area (TPSA) is 68.5 Å². The molecule has 26 heavy (non-hydrogen) atoms. The molecule has 130 valence electrons. The maximum Gasteiger partial charge on any atom is 0.361 e. The van der Waals surface area contributed by atoms with E-state index in [4.69, 9.17) is 4.42 Å². The summed E-state index contributed by atoms with van der Waals surface area (Å²) in [4.78, 5) is -0.227. The second kappa shape index (κ2) is 5.90. The Hall–Kier alpha value is -2.76. The highest BCUT2D eigenvalue weighted by Crippen LogP contribution is 2.39. The Morgan fingerprint density at radius 3 is 1.88 bits per heavy atom. The van der Waals surface area contributed by atoms with E-state index in [1.807, 2.05) is 50.2 Å². The first-order valence-corrected chi connectivity index (χ1v) is 9.57. The number of rotatable bonds is 2. The average molecular weight is 364 g/mol. The van der Waals surface area contributed by atoms with E-state index < -0.39 is 10.1 Å². The fourth-order valence-corrected chi connectivity index (χ4v) is 3.97. The molecular weight excluding hydrogens is 348 g/mol. The summed E-state index contributed by atoms with van der Waals surface area (Å²) in [5, 5.41) is 1.53. The largest absolute Gasteiger partial charge is 0.744 e. The van der Waals surface area contributed by atoms with E-state index in [1.165, 1.54) is 6.07 Å². The van der Waals surface area contributed by atoms with Crippen LogP contribution < -0.4 is 0 Å². The van der Waals surface area contributed by atoms with Gasteiger partial charge >= 0.3 is 11.2 Å². The monoisotopic (exact) mass is 364 g/mol. The molecule has 0 bridgehead atoms. The first-order chi connectivity index (χ1) is 12.3. The molecule has 1 heterocycles. The molecule has 4 nitrogen and oxygen atoms in total. The number of aryl methyl sites for hydroxylation is 2. The second-order valence-electron chi connectivity index (χ2n) is 6.43. The quantitative estimate of drug-likeness (QED) is 0.283. The SMILES string of the molecule is Cc1ccc2c(-c3ccccc3S(=O)(=O)[O-])c3ccc(C)cc3[o+]c2c1. The lowest BCUT2D eigenvalue weighted by Crippen LogP contribution is -2.01. The van der Waals surface area contributed by atoms with Crippen LogP contribution in [0.4, 0.5) is 0 Å².